The Balaban J connectivity index is 2.26. The van der Waals surface area contributed by atoms with Crippen molar-refractivity contribution in [2.24, 2.45) is 0 Å². The molecule has 17 heavy (non-hydrogen) atoms. The van der Waals surface area contributed by atoms with Gasteiger partial charge in [-0.3, -0.25) is 0 Å². The number of benzene rings is 1. The van der Waals surface area contributed by atoms with Gasteiger partial charge in [-0.05, 0) is 41.8 Å². The van der Waals surface area contributed by atoms with E-state index in [-0.39, 0.29) is 5.82 Å². The Labute approximate surface area is 102 Å². The van der Waals surface area contributed by atoms with Crippen LogP contribution in [-0.2, 0) is 0 Å². The Morgan fingerprint density at radius 1 is 1.41 bits per heavy atom. The third-order valence-corrected chi connectivity index (χ3v) is 4.55. The second kappa shape index (κ2) is 3.81. The first-order valence-corrected chi connectivity index (χ1v) is 6.43. The number of fused-ring (bicyclic) bond motifs is 1. The van der Waals surface area contributed by atoms with Crippen LogP contribution in [0.2, 0.25) is 0 Å². The van der Waals surface area contributed by atoms with Crippen LogP contribution in [0.4, 0.5) is 4.39 Å². The van der Waals surface area contributed by atoms with Gasteiger partial charge in [-0.2, -0.15) is 0 Å². The smallest absolute Gasteiger partial charge is 0.346 e. The molecule has 1 aliphatic carbocycles. The zero-order valence-electron chi connectivity index (χ0n) is 9.07. The minimum Gasteiger partial charge on any atom is -0.477 e. The highest BCUT2D eigenvalue weighted by Gasteiger charge is 2.28. The van der Waals surface area contributed by atoms with Gasteiger partial charge in [0.25, 0.3) is 0 Å². The fourth-order valence-electron chi connectivity index (χ4n) is 2.35. The van der Waals surface area contributed by atoms with Crippen LogP contribution in [0, 0.1) is 5.82 Å². The first-order chi connectivity index (χ1) is 8.16. The molecule has 0 bridgehead atoms. The van der Waals surface area contributed by atoms with Crippen LogP contribution < -0.4 is 0 Å². The third kappa shape index (κ3) is 1.63. The quantitative estimate of drug-likeness (QED) is 0.874. The standard InChI is InChI=1S/C13H11FO2S/c14-8-4-5-9-10(6-8)17-12(13(15)16)11(9)7-2-1-3-7/h4-7H,1-3H2,(H,15,16). The summed E-state index contributed by atoms with van der Waals surface area (Å²) in [5, 5.41) is 10.1. The molecule has 3 rings (SSSR count). The van der Waals surface area contributed by atoms with Crippen molar-refractivity contribution in [2.75, 3.05) is 0 Å². The summed E-state index contributed by atoms with van der Waals surface area (Å²) in [5.41, 5.74) is 0.920. The average molecular weight is 250 g/mol. The molecular formula is C13H11FO2S. The van der Waals surface area contributed by atoms with Crippen LogP contribution in [0.5, 0.6) is 0 Å². The van der Waals surface area contributed by atoms with Gasteiger partial charge in [0.05, 0.1) is 0 Å². The molecule has 0 saturated heterocycles. The molecule has 1 fully saturated rings. The number of hydrogen-bond donors (Lipinski definition) is 1. The molecule has 1 aromatic heterocycles. The number of rotatable bonds is 2. The number of halogens is 1. The number of thiophene rings is 1. The minimum atomic E-state index is -0.895. The summed E-state index contributed by atoms with van der Waals surface area (Å²) >= 11 is 1.18. The van der Waals surface area contributed by atoms with Gasteiger partial charge in [0.1, 0.15) is 10.7 Å². The molecule has 0 spiro atoms. The van der Waals surface area contributed by atoms with Gasteiger partial charge in [-0.25, -0.2) is 9.18 Å². The Morgan fingerprint density at radius 2 is 2.18 bits per heavy atom. The first-order valence-electron chi connectivity index (χ1n) is 5.62. The van der Waals surface area contributed by atoms with Gasteiger partial charge in [0.15, 0.2) is 0 Å². The molecule has 0 unspecified atom stereocenters. The zero-order valence-corrected chi connectivity index (χ0v) is 9.89. The van der Waals surface area contributed by atoms with Crippen LogP contribution in [-0.4, -0.2) is 11.1 Å². The van der Waals surface area contributed by atoms with Gasteiger partial charge in [-0.1, -0.05) is 12.5 Å². The summed E-state index contributed by atoms with van der Waals surface area (Å²) in [6.07, 6.45) is 3.25. The first kappa shape index (κ1) is 10.7. The van der Waals surface area contributed by atoms with Crippen LogP contribution in [0.3, 0.4) is 0 Å². The van der Waals surface area contributed by atoms with Crippen molar-refractivity contribution in [1.29, 1.82) is 0 Å². The lowest BCUT2D eigenvalue weighted by molar-refractivity contribution is 0.0700. The minimum absolute atomic E-state index is 0.309. The predicted molar refractivity (Wildman–Crippen MR) is 65.3 cm³/mol. The van der Waals surface area contributed by atoms with E-state index in [9.17, 15) is 14.3 Å². The largest absolute Gasteiger partial charge is 0.477 e. The summed E-state index contributed by atoms with van der Waals surface area (Å²) in [6, 6.07) is 4.54. The second-order valence-corrected chi connectivity index (χ2v) is 5.47. The van der Waals surface area contributed by atoms with Crippen molar-refractivity contribution in [1.82, 2.24) is 0 Å². The van der Waals surface area contributed by atoms with Crippen LogP contribution >= 0.6 is 11.3 Å². The fraction of sp³-hybridized carbons (Fsp3) is 0.308. The number of carboxylic acids is 1. The molecule has 88 valence electrons. The molecule has 0 atom stereocenters. The van der Waals surface area contributed by atoms with E-state index in [1.165, 1.54) is 23.5 Å². The van der Waals surface area contributed by atoms with Crippen molar-refractivity contribution in [3.8, 4) is 0 Å². The van der Waals surface area contributed by atoms with Crippen molar-refractivity contribution < 1.29 is 14.3 Å². The van der Waals surface area contributed by atoms with E-state index < -0.39 is 5.97 Å². The van der Waals surface area contributed by atoms with E-state index in [4.69, 9.17) is 0 Å². The highest BCUT2D eigenvalue weighted by Crippen LogP contribution is 2.45. The van der Waals surface area contributed by atoms with Gasteiger partial charge in [0.2, 0.25) is 0 Å². The van der Waals surface area contributed by atoms with E-state index in [0.29, 0.717) is 10.8 Å². The lowest BCUT2D eigenvalue weighted by Crippen LogP contribution is -2.11. The Hall–Kier alpha value is -1.42. The van der Waals surface area contributed by atoms with Crippen molar-refractivity contribution in [3.63, 3.8) is 0 Å². The SMILES string of the molecule is O=C(O)c1sc2cc(F)ccc2c1C1CCC1. The summed E-state index contributed by atoms with van der Waals surface area (Å²) in [7, 11) is 0. The van der Waals surface area contributed by atoms with Crippen LogP contribution in [0.15, 0.2) is 18.2 Å². The van der Waals surface area contributed by atoms with Crippen molar-refractivity contribution >= 4 is 27.4 Å². The topological polar surface area (TPSA) is 37.3 Å². The maximum absolute atomic E-state index is 13.1. The molecule has 1 saturated carbocycles. The second-order valence-electron chi connectivity index (χ2n) is 4.42. The molecule has 1 heterocycles. The Morgan fingerprint density at radius 3 is 2.76 bits per heavy atom. The van der Waals surface area contributed by atoms with Crippen molar-refractivity contribution in [2.45, 2.75) is 25.2 Å². The zero-order chi connectivity index (χ0) is 12.0. The van der Waals surface area contributed by atoms with E-state index >= 15 is 0 Å². The average Bonchev–Trinajstić information content (AvgIpc) is 2.54. The summed E-state index contributed by atoms with van der Waals surface area (Å²) < 4.78 is 13.9. The van der Waals surface area contributed by atoms with Crippen molar-refractivity contribution in [3.05, 3.63) is 34.5 Å². The van der Waals surface area contributed by atoms with Crippen LogP contribution in [0.25, 0.3) is 10.1 Å². The summed E-state index contributed by atoms with van der Waals surface area (Å²) in [4.78, 5) is 11.6. The fourth-order valence-corrected chi connectivity index (χ4v) is 3.50. The molecule has 0 radical (unpaired) electrons. The monoisotopic (exact) mass is 250 g/mol. The predicted octanol–water partition coefficient (Wildman–Crippen LogP) is 4.01. The molecular weight excluding hydrogens is 239 g/mol. The number of carbonyl (C=O) groups is 1. The Bertz CT molecular complexity index is 599. The lowest BCUT2D eigenvalue weighted by atomic mass is 9.79. The maximum atomic E-state index is 13.1. The molecule has 0 aliphatic heterocycles. The van der Waals surface area contributed by atoms with Gasteiger partial charge >= 0.3 is 5.97 Å². The Kier molecular flexibility index (Phi) is 2.40. The third-order valence-electron chi connectivity index (χ3n) is 3.40. The van der Waals surface area contributed by atoms with Crippen LogP contribution in [0.1, 0.15) is 40.4 Å². The van der Waals surface area contributed by atoms with E-state index in [1.807, 2.05) is 0 Å². The number of aromatic carboxylic acids is 1. The molecule has 4 heteroatoms. The maximum Gasteiger partial charge on any atom is 0.346 e. The lowest BCUT2D eigenvalue weighted by Gasteiger charge is -2.25. The van der Waals surface area contributed by atoms with E-state index in [2.05, 4.69) is 0 Å². The number of hydrogen-bond acceptors (Lipinski definition) is 2. The molecule has 2 nitrogen and oxygen atoms in total. The van der Waals surface area contributed by atoms with Gasteiger partial charge < -0.3 is 5.11 Å². The summed E-state index contributed by atoms with van der Waals surface area (Å²) in [6.45, 7) is 0. The molecule has 1 aliphatic rings. The molecule has 1 N–H and O–H groups in total. The highest BCUT2D eigenvalue weighted by atomic mass is 32.1. The molecule has 2 aromatic rings. The normalized spacial score (nSPS) is 16.1. The molecule has 1 aromatic carbocycles. The highest BCUT2D eigenvalue weighted by molar-refractivity contribution is 7.21. The molecule has 0 amide bonds. The summed E-state index contributed by atoms with van der Waals surface area (Å²) in [5.74, 6) is -0.857. The van der Waals surface area contributed by atoms with E-state index in [0.717, 1.165) is 34.9 Å². The van der Waals surface area contributed by atoms with Gasteiger partial charge in [0, 0.05) is 4.70 Å². The number of carboxylic acid groups (broad SMARTS) is 1. The van der Waals surface area contributed by atoms with E-state index in [1.54, 1.807) is 6.07 Å². The van der Waals surface area contributed by atoms with Gasteiger partial charge in [-0.15, -0.1) is 11.3 Å².